The van der Waals surface area contributed by atoms with Gasteiger partial charge in [0, 0.05) is 24.6 Å². The van der Waals surface area contributed by atoms with Crippen molar-refractivity contribution in [3.8, 4) is 0 Å². The lowest BCUT2D eigenvalue weighted by Gasteiger charge is -2.40. The van der Waals surface area contributed by atoms with Crippen LogP contribution in [0.4, 0.5) is 18.9 Å². The third-order valence-electron chi connectivity index (χ3n) is 7.18. The number of hydrogen-bond acceptors (Lipinski definition) is 4. The Kier molecular flexibility index (Phi) is 6.89. The number of aliphatic hydroxyl groups is 1. The van der Waals surface area contributed by atoms with Crippen LogP contribution in [0.1, 0.15) is 42.4 Å². The van der Waals surface area contributed by atoms with Crippen LogP contribution in [0.5, 0.6) is 0 Å². The summed E-state index contributed by atoms with van der Waals surface area (Å²) in [6, 6.07) is 8.62. The second-order valence-corrected chi connectivity index (χ2v) is 11.3. The van der Waals surface area contributed by atoms with Crippen molar-refractivity contribution in [2.75, 3.05) is 17.5 Å². The van der Waals surface area contributed by atoms with Crippen LogP contribution in [0.25, 0.3) is 0 Å². The van der Waals surface area contributed by atoms with Gasteiger partial charge >= 0.3 is 6.18 Å². The molecule has 0 aromatic heterocycles. The standard InChI is InChI=1S/C25H29F3N2O4S/c1-16-3-10-21(11-4-16)35(33,34)29(23-13-19(25(26,27)28)7-5-17(23)2)14-24(32)30-20-8-6-18(15-31)22(30)12-9-20/h3-5,7,10-11,13,18,20,22,31H,6,8-9,12,14-15H2,1-2H3. The average molecular weight is 511 g/mol. The molecule has 0 radical (unpaired) electrons. The number of rotatable bonds is 6. The molecule has 4 rings (SSSR count). The van der Waals surface area contributed by atoms with Crippen molar-refractivity contribution >= 4 is 21.6 Å². The summed E-state index contributed by atoms with van der Waals surface area (Å²) in [4.78, 5) is 15.1. The molecular weight excluding hydrogens is 481 g/mol. The van der Waals surface area contributed by atoms with Crippen molar-refractivity contribution in [1.82, 2.24) is 4.90 Å². The van der Waals surface area contributed by atoms with E-state index in [4.69, 9.17) is 0 Å². The Bertz CT molecular complexity index is 1200. The minimum atomic E-state index is -4.67. The maximum absolute atomic E-state index is 13.7. The van der Waals surface area contributed by atoms with Crippen LogP contribution < -0.4 is 4.31 Å². The zero-order valence-corrected chi connectivity index (χ0v) is 20.4. The van der Waals surface area contributed by atoms with Gasteiger partial charge in [-0.3, -0.25) is 9.10 Å². The van der Waals surface area contributed by atoms with Gasteiger partial charge in [-0.1, -0.05) is 23.8 Å². The van der Waals surface area contributed by atoms with Crippen LogP contribution >= 0.6 is 0 Å². The molecule has 1 N–H and O–H groups in total. The predicted octanol–water partition coefficient (Wildman–Crippen LogP) is 4.28. The molecule has 190 valence electrons. The molecule has 10 heteroatoms. The third kappa shape index (κ3) is 4.91. The Morgan fingerprint density at radius 1 is 1.06 bits per heavy atom. The van der Waals surface area contributed by atoms with E-state index in [0.717, 1.165) is 41.3 Å². The molecule has 2 aromatic carbocycles. The van der Waals surface area contributed by atoms with Gasteiger partial charge in [0.25, 0.3) is 10.0 Å². The Balaban J connectivity index is 1.77. The maximum atomic E-state index is 13.7. The number of nitrogens with zero attached hydrogens (tertiary/aromatic N) is 2. The number of aryl methyl sites for hydroxylation is 2. The average Bonchev–Trinajstić information content (AvgIpc) is 3.11. The molecule has 1 amide bonds. The molecule has 3 unspecified atom stereocenters. The second kappa shape index (κ2) is 9.46. The number of carbonyl (C=O) groups excluding carboxylic acids is 1. The number of carbonyl (C=O) groups is 1. The minimum absolute atomic E-state index is 0.0539. The highest BCUT2D eigenvalue weighted by Gasteiger charge is 2.45. The van der Waals surface area contributed by atoms with Crippen LogP contribution in [0, 0.1) is 19.8 Å². The van der Waals surface area contributed by atoms with Gasteiger partial charge in [0.1, 0.15) is 6.54 Å². The molecule has 0 saturated carbocycles. The molecule has 0 spiro atoms. The first-order chi connectivity index (χ1) is 16.4. The molecule has 3 atom stereocenters. The molecule has 2 bridgehead atoms. The summed E-state index contributed by atoms with van der Waals surface area (Å²) in [5.41, 5.74) is -0.0528. The number of sulfonamides is 1. The van der Waals surface area contributed by atoms with Gasteiger partial charge < -0.3 is 10.0 Å². The number of anilines is 1. The van der Waals surface area contributed by atoms with Crippen molar-refractivity contribution in [3.63, 3.8) is 0 Å². The monoisotopic (exact) mass is 510 g/mol. The van der Waals surface area contributed by atoms with E-state index in [1.807, 2.05) is 0 Å². The lowest BCUT2D eigenvalue weighted by Crippen LogP contribution is -2.53. The van der Waals surface area contributed by atoms with Crippen molar-refractivity contribution in [1.29, 1.82) is 0 Å². The molecular formula is C25H29F3N2O4S. The van der Waals surface area contributed by atoms with E-state index in [-0.39, 0.29) is 35.2 Å². The number of alkyl halides is 3. The number of amides is 1. The number of aliphatic hydroxyl groups excluding tert-OH is 1. The van der Waals surface area contributed by atoms with Crippen molar-refractivity contribution < 1.29 is 31.5 Å². The van der Waals surface area contributed by atoms with Gasteiger partial charge in [-0.25, -0.2) is 8.42 Å². The molecule has 0 aliphatic carbocycles. The first kappa shape index (κ1) is 25.5. The summed E-state index contributed by atoms with van der Waals surface area (Å²) < 4.78 is 68.7. The molecule has 2 aliphatic rings. The SMILES string of the molecule is Cc1ccc(S(=O)(=O)N(CC(=O)N2C3CCC(CO)C2CC3)c2cc(C(F)(F)F)ccc2C)cc1. The number of fused-ring (bicyclic) bond motifs is 2. The summed E-state index contributed by atoms with van der Waals surface area (Å²) in [7, 11) is -4.35. The highest BCUT2D eigenvalue weighted by Crippen LogP contribution is 2.40. The molecule has 2 aromatic rings. The minimum Gasteiger partial charge on any atom is -0.396 e. The molecule has 2 saturated heterocycles. The predicted molar refractivity (Wildman–Crippen MR) is 125 cm³/mol. The van der Waals surface area contributed by atoms with Crippen LogP contribution in [-0.4, -0.2) is 49.6 Å². The van der Waals surface area contributed by atoms with Crippen molar-refractivity contribution in [2.45, 2.75) is 62.7 Å². The van der Waals surface area contributed by atoms with Crippen LogP contribution in [-0.2, 0) is 21.0 Å². The zero-order chi connectivity index (χ0) is 25.5. The lowest BCUT2D eigenvalue weighted by molar-refractivity contribution is -0.137. The van der Waals surface area contributed by atoms with Gasteiger partial charge in [0.05, 0.1) is 16.1 Å². The molecule has 6 nitrogen and oxygen atoms in total. The molecule has 35 heavy (non-hydrogen) atoms. The smallest absolute Gasteiger partial charge is 0.396 e. The van der Waals surface area contributed by atoms with Crippen LogP contribution in [0.3, 0.4) is 0 Å². The number of piperidine rings is 1. The van der Waals surface area contributed by atoms with E-state index in [0.29, 0.717) is 12.0 Å². The summed E-state index contributed by atoms with van der Waals surface area (Å²) in [6.45, 7) is 2.62. The largest absolute Gasteiger partial charge is 0.416 e. The van der Waals surface area contributed by atoms with Crippen molar-refractivity contribution in [2.24, 2.45) is 5.92 Å². The fraction of sp³-hybridized carbons (Fsp3) is 0.480. The summed E-state index contributed by atoms with van der Waals surface area (Å²) in [5.74, 6) is -0.557. The van der Waals surface area contributed by atoms with Crippen LogP contribution in [0.2, 0.25) is 0 Å². The zero-order valence-electron chi connectivity index (χ0n) is 19.6. The van der Waals surface area contributed by atoms with Crippen LogP contribution in [0.15, 0.2) is 47.4 Å². The normalized spacial score (nSPS) is 22.3. The van der Waals surface area contributed by atoms with Gasteiger partial charge in [-0.05, 0) is 69.4 Å². The molecule has 2 fully saturated rings. The van der Waals surface area contributed by atoms with E-state index in [9.17, 15) is 31.5 Å². The van der Waals surface area contributed by atoms with E-state index in [2.05, 4.69) is 0 Å². The highest BCUT2D eigenvalue weighted by molar-refractivity contribution is 7.92. The highest BCUT2D eigenvalue weighted by atomic mass is 32.2. The number of halogens is 3. The Hall–Kier alpha value is -2.59. The van der Waals surface area contributed by atoms with Gasteiger partial charge in [0.15, 0.2) is 0 Å². The van der Waals surface area contributed by atoms with Gasteiger partial charge in [0.2, 0.25) is 5.91 Å². The van der Waals surface area contributed by atoms with E-state index in [1.165, 1.54) is 25.1 Å². The van der Waals surface area contributed by atoms with Gasteiger partial charge in [-0.15, -0.1) is 0 Å². The Morgan fingerprint density at radius 3 is 2.34 bits per heavy atom. The van der Waals surface area contributed by atoms with E-state index in [1.54, 1.807) is 24.0 Å². The summed E-state index contributed by atoms with van der Waals surface area (Å²) >= 11 is 0. The quantitative estimate of drug-likeness (QED) is 0.630. The first-order valence-corrected chi connectivity index (χ1v) is 13.1. The Morgan fingerprint density at radius 2 is 1.71 bits per heavy atom. The topological polar surface area (TPSA) is 77.9 Å². The number of benzene rings is 2. The third-order valence-corrected chi connectivity index (χ3v) is 8.95. The van der Waals surface area contributed by atoms with Gasteiger partial charge in [-0.2, -0.15) is 13.2 Å². The first-order valence-electron chi connectivity index (χ1n) is 11.6. The molecule has 2 aliphatic heterocycles. The maximum Gasteiger partial charge on any atom is 0.416 e. The fourth-order valence-corrected chi connectivity index (χ4v) is 6.73. The van der Waals surface area contributed by atoms with E-state index >= 15 is 0 Å². The number of hydrogen-bond donors (Lipinski definition) is 1. The molecule has 2 heterocycles. The lowest BCUT2D eigenvalue weighted by atomic mass is 9.91. The second-order valence-electron chi connectivity index (χ2n) is 9.44. The summed E-state index contributed by atoms with van der Waals surface area (Å²) in [5, 5.41) is 9.76. The van der Waals surface area contributed by atoms with E-state index < -0.39 is 34.2 Å². The van der Waals surface area contributed by atoms with Crippen molar-refractivity contribution in [3.05, 3.63) is 59.2 Å². The fourth-order valence-electron chi connectivity index (χ4n) is 5.25. The Labute approximate surface area is 203 Å². The summed E-state index contributed by atoms with van der Waals surface area (Å²) in [6.07, 6.45) is -1.70.